The van der Waals surface area contributed by atoms with E-state index in [9.17, 15) is 9.90 Å². The number of nitrogens with zero attached hydrogens (tertiary/aromatic N) is 4. The minimum atomic E-state index is -1.22. The molecule has 0 spiro atoms. The number of hydrogen-bond acceptors (Lipinski definition) is 7. The largest absolute Gasteiger partial charge is 0.489 e. The molecule has 1 saturated heterocycles. The van der Waals surface area contributed by atoms with Crippen molar-refractivity contribution in [1.82, 2.24) is 14.6 Å². The van der Waals surface area contributed by atoms with E-state index >= 15 is 0 Å². The number of carbonyl (C=O) groups is 1. The molecular weight excluding hydrogens is 568 g/mol. The summed E-state index contributed by atoms with van der Waals surface area (Å²) < 4.78 is 20.6. The maximum atomic E-state index is 12.8. The Balaban J connectivity index is 1.56. The summed E-state index contributed by atoms with van der Waals surface area (Å²) in [6, 6.07) is 16.4. The third-order valence-electron chi connectivity index (χ3n) is 8.52. The summed E-state index contributed by atoms with van der Waals surface area (Å²) in [5.74, 6) is 0.442. The van der Waals surface area contributed by atoms with Gasteiger partial charge in [0, 0.05) is 36.0 Å². The Morgan fingerprint density at radius 3 is 2.49 bits per heavy atom. The number of aryl methyl sites for hydroxylation is 2. The van der Waals surface area contributed by atoms with Crippen molar-refractivity contribution >= 4 is 17.4 Å². The van der Waals surface area contributed by atoms with Crippen LogP contribution in [0.3, 0.4) is 0 Å². The highest BCUT2D eigenvalue weighted by Crippen LogP contribution is 2.39. The fraction of sp³-hybridized carbons (Fsp3) is 0.417. The van der Waals surface area contributed by atoms with Crippen LogP contribution in [0.5, 0.6) is 5.75 Å². The Kier molecular flexibility index (Phi) is 8.18. The molecule has 0 unspecified atom stereocenters. The minimum Gasteiger partial charge on any atom is -0.489 e. The topological polar surface area (TPSA) is 98.4 Å². The second kappa shape index (κ2) is 11.9. The summed E-state index contributed by atoms with van der Waals surface area (Å²) in [6.45, 7) is 13.9. The Hall–Kier alpha value is -4.21. The van der Waals surface area contributed by atoms with Crippen LogP contribution in [-0.4, -0.2) is 63.2 Å². The lowest BCUT2D eigenvalue weighted by Crippen LogP contribution is -2.45. The van der Waals surface area contributed by atoms with Crippen molar-refractivity contribution in [2.75, 3.05) is 31.2 Å². The summed E-state index contributed by atoms with van der Waals surface area (Å²) >= 11 is 0. The number of anilines is 1. The van der Waals surface area contributed by atoms with Crippen molar-refractivity contribution in [3.05, 3.63) is 77.5 Å². The number of aliphatic carboxylic acids is 1. The summed E-state index contributed by atoms with van der Waals surface area (Å²) in [7, 11) is 0. The van der Waals surface area contributed by atoms with Gasteiger partial charge in [-0.1, -0.05) is 35.9 Å². The molecule has 2 aromatic carbocycles. The molecule has 9 nitrogen and oxygen atoms in total. The average molecular weight is 611 g/mol. The zero-order valence-corrected chi connectivity index (χ0v) is 27.0. The lowest BCUT2D eigenvalue weighted by molar-refractivity contribution is -0.160. The molecule has 1 atom stereocenters. The monoisotopic (exact) mass is 610 g/mol. The number of carboxylic acid groups (broad SMARTS) is 1. The number of rotatable bonds is 3. The van der Waals surface area contributed by atoms with Crippen molar-refractivity contribution < 1.29 is 24.1 Å². The third-order valence-corrected chi connectivity index (χ3v) is 8.52. The van der Waals surface area contributed by atoms with Crippen LogP contribution in [0.25, 0.3) is 28.0 Å². The maximum absolute atomic E-state index is 12.8. The third kappa shape index (κ3) is 6.46. The van der Waals surface area contributed by atoms with Gasteiger partial charge in [0.15, 0.2) is 11.8 Å². The number of piperidine rings is 1. The standard InChI is InChI=1S/C36H42N4O5/c1-23-12-13-29-27(20-23)25-10-9-11-26(21-25)28-22-30-37-24(2)31(32(34(41)42)45-35(3,4)5)33(40(30)38-28)39-16-14-36(6,15-17-39)44-19-8-7-18-43-29/h7-13,20-22,32H,14-19H2,1-6H3,(H,41,42)/b8-7-/t32-/m0/s1. The quantitative estimate of drug-likeness (QED) is 0.249. The predicted molar refractivity (Wildman–Crippen MR) is 175 cm³/mol. The van der Waals surface area contributed by atoms with E-state index in [4.69, 9.17) is 24.3 Å². The maximum Gasteiger partial charge on any atom is 0.337 e. The second-order valence-electron chi connectivity index (χ2n) is 13.3. The zero-order valence-electron chi connectivity index (χ0n) is 27.0. The molecule has 7 rings (SSSR count). The normalized spacial score (nSPS) is 18.0. The van der Waals surface area contributed by atoms with Gasteiger partial charge >= 0.3 is 5.97 Å². The molecule has 0 aliphatic carbocycles. The highest BCUT2D eigenvalue weighted by Gasteiger charge is 2.37. The van der Waals surface area contributed by atoms with E-state index in [0.29, 0.717) is 49.0 Å². The van der Waals surface area contributed by atoms with Gasteiger partial charge in [0.2, 0.25) is 0 Å². The van der Waals surface area contributed by atoms with E-state index in [1.807, 2.05) is 64.1 Å². The smallest absolute Gasteiger partial charge is 0.337 e. The SMILES string of the molecule is Cc1ccc2c(c1)-c1cccc(c1)-c1cc3nc(C)c([C@H](OC(C)(C)C)C(=O)O)c(n3n1)N1CCC(C)(CC1)OC/C=C\CO2. The summed E-state index contributed by atoms with van der Waals surface area (Å²) in [5, 5.41) is 15.5. The van der Waals surface area contributed by atoms with Crippen LogP contribution in [0.4, 0.5) is 5.82 Å². The molecule has 6 bridgehead atoms. The number of carboxylic acids is 1. The van der Waals surface area contributed by atoms with Crippen molar-refractivity contribution in [2.45, 2.75) is 71.7 Å². The highest BCUT2D eigenvalue weighted by molar-refractivity contribution is 5.80. The van der Waals surface area contributed by atoms with Gasteiger partial charge in [-0.05, 0) is 84.2 Å². The van der Waals surface area contributed by atoms with Crippen molar-refractivity contribution in [3.8, 4) is 28.1 Å². The predicted octanol–water partition coefficient (Wildman–Crippen LogP) is 6.95. The van der Waals surface area contributed by atoms with E-state index in [0.717, 1.165) is 46.5 Å². The molecule has 0 radical (unpaired) electrons. The van der Waals surface area contributed by atoms with Gasteiger partial charge in [-0.15, -0.1) is 0 Å². The molecule has 236 valence electrons. The molecule has 3 aliphatic rings. The van der Waals surface area contributed by atoms with Gasteiger partial charge in [-0.2, -0.15) is 9.61 Å². The van der Waals surface area contributed by atoms with Crippen molar-refractivity contribution in [1.29, 1.82) is 0 Å². The van der Waals surface area contributed by atoms with E-state index in [1.165, 1.54) is 0 Å². The van der Waals surface area contributed by atoms with Crippen LogP contribution in [0.15, 0.2) is 60.7 Å². The zero-order chi connectivity index (χ0) is 31.9. The molecule has 0 saturated carbocycles. The van der Waals surface area contributed by atoms with Crippen LogP contribution < -0.4 is 9.64 Å². The van der Waals surface area contributed by atoms with Gasteiger partial charge in [-0.3, -0.25) is 0 Å². The second-order valence-corrected chi connectivity index (χ2v) is 13.3. The lowest BCUT2D eigenvalue weighted by Gasteiger charge is -2.41. The number of hydrogen-bond donors (Lipinski definition) is 1. The summed E-state index contributed by atoms with van der Waals surface area (Å²) in [5.41, 5.74) is 5.58. The first-order valence-electron chi connectivity index (χ1n) is 15.6. The molecular formula is C36H42N4O5. The number of benzene rings is 2. The van der Waals surface area contributed by atoms with E-state index in [2.05, 4.69) is 43.0 Å². The Labute approximate surface area is 264 Å². The molecule has 1 fully saturated rings. The van der Waals surface area contributed by atoms with Crippen LogP contribution in [0.2, 0.25) is 0 Å². The van der Waals surface area contributed by atoms with Gasteiger partial charge in [0.1, 0.15) is 18.2 Å². The van der Waals surface area contributed by atoms with E-state index < -0.39 is 17.7 Å². The van der Waals surface area contributed by atoms with Gasteiger partial charge in [0.25, 0.3) is 0 Å². The van der Waals surface area contributed by atoms with E-state index in [-0.39, 0.29) is 5.60 Å². The molecule has 9 heteroatoms. The first-order valence-corrected chi connectivity index (χ1v) is 15.6. The Bertz CT molecular complexity index is 1760. The first kappa shape index (κ1) is 30.8. The van der Waals surface area contributed by atoms with Gasteiger partial charge < -0.3 is 24.2 Å². The average Bonchev–Trinajstić information content (AvgIpc) is 3.41. The molecule has 2 aromatic heterocycles. The van der Waals surface area contributed by atoms with Crippen molar-refractivity contribution in [2.24, 2.45) is 0 Å². The number of ether oxygens (including phenoxy) is 3. The number of aromatic nitrogens is 3. The molecule has 1 N–H and O–H groups in total. The van der Waals surface area contributed by atoms with Crippen LogP contribution >= 0.6 is 0 Å². The van der Waals surface area contributed by atoms with Crippen LogP contribution in [0, 0.1) is 13.8 Å². The molecule has 0 amide bonds. The van der Waals surface area contributed by atoms with Gasteiger partial charge in [-0.25, -0.2) is 9.78 Å². The summed E-state index contributed by atoms with van der Waals surface area (Å²) in [4.78, 5) is 19.9. The lowest BCUT2D eigenvalue weighted by atomic mass is 9.92. The van der Waals surface area contributed by atoms with E-state index in [1.54, 1.807) is 4.52 Å². The van der Waals surface area contributed by atoms with Crippen molar-refractivity contribution in [3.63, 3.8) is 0 Å². The van der Waals surface area contributed by atoms with Crippen LogP contribution in [0.1, 0.15) is 63.5 Å². The molecule has 4 aromatic rings. The highest BCUT2D eigenvalue weighted by atomic mass is 16.5. The summed E-state index contributed by atoms with van der Waals surface area (Å²) in [6.07, 6.45) is 4.33. The number of fused-ring (bicyclic) bond motifs is 6. The molecule has 5 heterocycles. The van der Waals surface area contributed by atoms with Gasteiger partial charge in [0.05, 0.1) is 29.1 Å². The molecule has 3 aliphatic heterocycles. The first-order chi connectivity index (χ1) is 21.4. The van der Waals surface area contributed by atoms with Crippen LogP contribution in [-0.2, 0) is 14.3 Å². The molecule has 45 heavy (non-hydrogen) atoms. The Morgan fingerprint density at radius 1 is 1.02 bits per heavy atom. The fourth-order valence-corrected chi connectivity index (χ4v) is 6.15. The Morgan fingerprint density at radius 2 is 1.76 bits per heavy atom. The fourth-order valence-electron chi connectivity index (χ4n) is 6.15. The minimum absolute atomic E-state index is 0.321.